The summed E-state index contributed by atoms with van der Waals surface area (Å²) in [6.07, 6.45) is 0. The van der Waals surface area contributed by atoms with E-state index < -0.39 is 5.41 Å². The zero-order valence-electron chi connectivity index (χ0n) is 27.1. The van der Waals surface area contributed by atoms with Crippen molar-refractivity contribution in [3.8, 4) is 39.9 Å². The number of nitrogens with zero attached hydrogens (tertiary/aromatic N) is 4. The molecule has 2 heterocycles. The Morgan fingerprint density at radius 1 is 0.400 bits per heavy atom. The maximum absolute atomic E-state index is 5.17. The highest BCUT2D eigenvalue weighted by molar-refractivity contribution is 6.18. The van der Waals surface area contributed by atoms with Crippen molar-refractivity contribution < 1.29 is 0 Å². The highest BCUT2D eigenvalue weighted by atomic mass is 15.2. The standard InChI is InChI=1S/C46H30N4/c1-5-17-31(18-6-1)43-47-44(32-19-7-2-8-20-32)49-45(48-43)50-39-28-16-14-26-36(39)42-40(50)30-29-38-41(42)35-25-13-15-27-37(35)46(38,33-21-9-3-10-22-33)34-23-11-4-12-24-34/h1-30H. The summed E-state index contributed by atoms with van der Waals surface area (Å²) in [7, 11) is 0. The summed E-state index contributed by atoms with van der Waals surface area (Å²) in [5.74, 6) is 1.87. The van der Waals surface area contributed by atoms with Crippen LogP contribution in [-0.4, -0.2) is 19.5 Å². The summed E-state index contributed by atoms with van der Waals surface area (Å²) in [6, 6.07) is 64.4. The minimum atomic E-state index is -0.486. The van der Waals surface area contributed by atoms with Gasteiger partial charge in [0.1, 0.15) is 0 Å². The molecular formula is C46H30N4. The van der Waals surface area contributed by atoms with Gasteiger partial charge >= 0.3 is 0 Å². The second-order valence-electron chi connectivity index (χ2n) is 12.8. The summed E-state index contributed by atoms with van der Waals surface area (Å²) in [5.41, 5.74) is 11.1. The lowest BCUT2D eigenvalue weighted by molar-refractivity contribution is 0.769. The van der Waals surface area contributed by atoms with Gasteiger partial charge in [-0.1, -0.05) is 170 Å². The molecule has 0 unspecified atom stereocenters. The van der Waals surface area contributed by atoms with Crippen LogP contribution in [0.2, 0.25) is 0 Å². The molecule has 1 aliphatic rings. The van der Waals surface area contributed by atoms with Crippen molar-refractivity contribution in [3.05, 3.63) is 204 Å². The second kappa shape index (κ2) is 11.2. The van der Waals surface area contributed by atoms with Gasteiger partial charge in [0.05, 0.1) is 16.4 Å². The molecule has 9 aromatic rings. The molecule has 0 spiro atoms. The van der Waals surface area contributed by atoms with E-state index in [1.54, 1.807) is 0 Å². The molecule has 0 amide bonds. The molecule has 0 aliphatic heterocycles. The van der Waals surface area contributed by atoms with E-state index in [-0.39, 0.29) is 0 Å². The number of hydrogen-bond acceptors (Lipinski definition) is 3. The molecule has 2 aromatic heterocycles. The van der Waals surface area contributed by atoms with Gasteiger partial charge in [0.15, 0.2) is 11.6 Å². The topological polar surface area (TPSA) is 43.6 Å². The zero-order valence-corrected chi connectivity index (χ0v) is 27.1. The van der Waals surface area contributed by atoms with Crippen LogP contribution in [-0.2, 0) is 5.41 Å². The van der Waals surface area contributed by atoms with E-state index in [4.69, 9.17) is 15.0 Å². The monoisotopic (exact) mass is 638 g/mol. The Labute approximate surface area is 290 Å². The molecule has 10 rings (SSSR count). The summed E-state index contributed by atoms with van der Waals surface area (Å²) in [6.45, 7) is 0. The Balaban J connectivity index is 1.33. The molecule has 0 saturated carbocycles. The van der Waals surface area contributed by atoms with E-state index in [0.717, 1.165) is 27.5 Å². The van der Waals surface area contributed by atoms with Crippen LogP contribution >= 0.6 is 0 Å². The molecular weight excluding hydrogens is 609 g/mol. The average molecular weight is 639 g/mol. The van der Waals surface area contributed by atoms with Crippen LogP contribution < -0.4 is 0 Å². The summed E-state index contributed by atoms with van der Waals surface area (Å²) in [5, 5.41) is 2.36. The smallest absolute Gasteiger partial charge is 0.238 e. The molecule has 234 valence electrons. The van der Waals surface area contributed by atoms with Crippen molar-refractivity contribution >= 4 is 21.8 Å². The highest BCUT2D eigenvalue weighted by Crippen LogP contribution is 2.58. The zero-order chi connectivity index (χ0) is 33.1. The van der Waals surface area contributed by atoms with Gasteiger partial charge in [-0.2, -0.15) is 9.97 Å². The number of fused-ring (bicyclic) bond motifs is 7. The molecule has 4 heteroatoms. The van der Waals surface area contributed by atoms with Gasteiger partial charge in [0.2, 0.25) is 5.95 Å². The number of aromatic nitrogens is 4. The number of para-hydroxylation sites is 1. The first kappa shape index (κ1) is 28.4. The molecule has 4 nitrogen and oxygen atoms in total. The normalized spacial score (nSPS) is 13.0. The lowest BCUT2D eigenvalue weighted by atomic mass is 9.67. The fraction of sp³-hybridized carbons (Fsp3) is 0.0217. The van der Waals surface area contributed by atoms with E-state index in [9.17, 15) is 0 Å². The van der Waals surface area contributed by atoms with Crippen LogP contribution in [0.5, 0.6) is 0 Å². The van der Waals surface area contributed by atoms with Gasteiger partial charge in [0, 0.05) is 21.9 Å². The van der Waals surface area contributed by atoms with Crippen LogP contribution in [0.25, 0.3) is 61.7 Å². The van der Waals surface area contributed by atoms with E-state index in [1.165, 1.54) is 38.8 Å². The third kappa shape index (κ3) is 4.09. The molecule has 0 bridgehead atoms. The maximum Gasteiger partial charge on any atom is 0.238 e. The fourth-order valence-electron chi connectivity index (χ4n) is 8.10. The van der Waals surface area contributed by atoms with E-state index in [2.05, 4.69) is 150 Å². The van der Waals surface area contributed by atoms with Gasteiger partial charge in [-0.15, -0.1) is 0 Å². The predicted molar refractivity (Wildman–Crippen MR) is 202 cm³/mol. The Bertz CT molecular complexity index is 2590. The van der Waals surface area contributed by atoms with Gasteiger partial charge in [-0.05, 0) is 45.5 Å². The first-order valence-corrected chi connectivity index (χ1v) is 17.0. The van der Waals surface area contributed by atoms with Crippen LogP contribution in [0, 0.1) is 0 Å². The van der Waals surface area contributed by atoms with Crippen LogP contribution in [0.15, 0.2) is 182 Å². The molecule has 1 aliphatic carbocycles. The number of rotatable bonds is 5. The van der Waals surface area contributed by atoms with E-state index >= 15 is 0 Å². The van der Waals surface area contributed by atoms with Gasteiger partial charge in [-0.3, -0.25) is 4.57 Å². The predicted octanol–water partition coefficient (Wildman–Crippen LogP) is 10.7. The number of hydrogen-bond donors (Lipinski definition) is 0. The molecule has 0 N–H and O–H groups in total. The van der Waals surface area contributed by atoms with Crippen molar-refractivity contribution in [3.63, 3.8) is 0 Å². The van der Waals surface area contributed by atoms with Crippen molar-refractivity contribution in [1.29, 1.82) is 0 Å². The summed E-state index contributed by atoms with van der Waals surface area (Å²) < 4.78 is 2.22. The minimum Gasteiger partial charge on any atom is -0.278 e. The maximum atomic E-state index is 5.17. The van der Waals surface area contributed by atoms with Gasteiger partial charge in [-0.25, -0.2) is 4.98 Å². The molecule has 7 aromatic carbocycles. The molecule has 0 atom stereocenters. The third-order valence-corrected chi connectivity index (χ3v) is 10.1. The van der Waals surface area contributed by atoms with Crippen molar-refractivity contribution in [2.24, 2.45) is 0 Å². The fourth-order valence-corrected chi connectivity index (χ4v) is 8.10. The van der Waals surface area contributed by atoms with Crippen molar-refractivity contribution in [2.45, 2.75) is 5.41 Å². The molecule has 50 heavy (non-hydrogen) atoms. The summed E-state index contributed by atoms with van der Waals surface area (Å²) in [4.78, 5) is 15.3. The Hall–Kier alpha value is -6.65. The van der Waals surface area contributed by atoms with Gasteiger partial charge < -0.3 is 0 Å². The van der Waals surface area contributed by atoms with E-state index in [0.29, 0.717) is 17.6 Å². The first-order chi connectivity index (χ1) is 24.8. The largest absolute Gasteiger partial charge is 0.278 e. The lowest BCUT2D eigenvalue weighted by Gasteiger charge is -2.33. The Morgan fingerprint density at radius 3 is 1.54 bits per heavy atom. The molecule has 0 fully saturated rings. The second-order valence-corrected chi connectivity index (χ2v) is 12.8. The molecule has 0 radical (unpaired) electrons. The Morgan fingerprint density at radius 2 is 0.920 bits per heavy atom. The van der Waals surface area contributed by atoms with Crippen LogP contribution in [0.1, 0.15) is 22.3 Å². The number of benzene rings is 7. The van der Waals surface area contributed by atoms with Crippen LogP contribution in [0.4, 0.5) is 0 Å². The third-order valence-electron chi connectivity index (χ3n) is 10.1. The average Bonchev–Trinajstić information content (AvgIpc) is 3.70. The first-order valence-electron chi connectivity index (χ1n) is 17.0. The SMILES string of the molecule is c1ccc(-c2nc(-c3ccccc3)nc(-n3c4ccccc4c4c5c(ccc43)C(c3ccccc3)(c3ccccc3)c3ccccc3-5)n2)cc1. The quantitative estimate of drug-likeness (QED) is 0.188. The minimum absolute atomic E-state index is 0.486. The highest BCUT2D eigenvalue weighted by Gasteiger charge is 2.47. The Kier molecular flexibility index (Phi) is 6.36. The van der Waals surface area contributed by atoms with Crippen molar-refractivity contribution in [2.75, 3.05) is 0 Å². The van der Waals surface area contributed by atoms with Crippen molar-refractivity contribution in [1.82, 2.24) is 19.5 Å². The van der Waals surface area contributed by atoms with E-state index in [1.807, 2.05) is 36.4 Å². The molecule has 0 saturated heterocycles. The van der Waals surface area contributed by atoms with Gasteiger partial charge in [0.25, 0.3) is 0 Å². The summed E-state index contributed by atoms with van der Waals surface area (Å²) >= 11 is 0. The lowest BCUT2D eigenvalue weighted by Crippen LogP contribution is -2.28. The van der Waals surface area contributed by atoms with Crippen LogP contribution in [0.3, 0.4) is 0 Å².